The third kappa shape index (κ3) is 3.37. The molecule has 1 saturated heterocycles. The van der Waals surface area contributed by atoms with Gasteiger partial charge in [-0.05, 0) is 12.5 Å². The molecule has 17 heavy (non-hydrogen) atoms. The molecule has 6 nitrogen and oxygen atoms in total. The molecule has 1 aliphatic rings. The van der Waals surface area contributed by atoms with Gasteiger partial charge in [-0.3, -0.25) is 14.4 Å². The van der Waals surface area contributed by atoms with E-state index in [1.54, 1.807) is 0 Å². The molecule has 0 spiro atoms. The molecule has 1 atom stereocenters. The van der Waals surface area contributed by atoms with E-state index < -0.39 is 23.6 Å². The van der Waals surface area contributed by atoms with Crippen LogP contribution in [0.5, 0.6) is 0 Å². The quantitative estimate of drug-likeness (QED) is 0.176. The van der Waals surface area contributed by atoms with Gasteiger partial charge in [0.15, 0.2) is 12.0 Å². The summed E-state index contributed by atoms with van der Waals surface area (Å²) in [5.74, 6) is -2.37. The van der Waals surface area contributed by atoms with E-state index >= 15 is 0 Å². The number of ketones is 1. The molecule has 0 unspecified atom stereocenters. The number of hydrogen-bond acceptors (Lipinski definition) is 5. The Hall–Kier alpha value is -2.24. The Morgan fingerprint density at radius 3 is 2.65 bits per heavy atom. The Morgan fingerprint density at radius 1 is 1.47 bits per heavy atom. The van der Waals surface area contributed by atoms with E-state index in [1.165, 1.54) is 6.08 Å². The van der Waals surface area contributed by atoms with E-state index in [0.717, 1.165) is 6.08 Å². The van der Waals surface area contributed by atoms with Gasteiger partial charge >= 0.3 is 5.97 Å². The summed E-state index contributed by atoms with van der Waals surface area (Å²) >= 11 is 0. The van der Waals surface area contributed by atoms with Crippen LogP contribution >= 0.6 is 0 Å². The van der Waals surface area contributed by atoms with E-state index in [4.69, 9.17) is 4.74 Å². The minimum atomic E-state index is -0.956. The highest BCUT2D eigenvalue weighted by atomic mass is 16.5. The highest BCUT2D eigenvalue weighted by molar-refractivity contribution is 6.32. The Kier molecular flexibility index (Phi) is 4.33. The summed E-state index contributed by atoms with van der Waals surface area (Å²) in [6.45, 7) is 3.33. The predicted molar refractivity (Wildman–Crippen MR) is 56.6 cm³/mol. The minimum absolute atomic E-state index is 0.0375. The van der Waals surface area contributed by atoms with Crippen LogP contribution in [0.25, 0.3) is 0 Å². The maximum atomic E-state index is 11.5. The maximum absolute atomic E-state index is 11.5. The van der Waals surface area contributed by atoms with Crippen LogP contribution in [-0.2, 0) is 23.9 Å². The molecule has 0 bridgehead atoms. The first kappa shape index (κ1) is 12.8. The number of ether oxygens (including phenoxy) is 1. The lowest BCUT2D eigenvalue weighted by Crippen LogP contribution is -2.35. The number of Topliss-reactive ketones (excluding diaryl/α,β-unsaturated/α-hetero) is 1. The van der Waals surface area contributed by atoms with Crippen molar-refractivity contribution in [3.8, 4) is 0 Å². The van der Waals surface area contributed by atoms with Crippen LogP contribution in [0.1, 0.15) is 12.8 Å². The van der Waals surface area contributed by atoms with Gasteiger partial charge in [0.1, 0.15) is 6.04 Å². The zero-order chi connectivity index (χ0) is 12.8. The fourth-order valence-electron chi connectivity index (χ4n) is 1.30. The number of allylic oxidation sites excluding steroid dienone is 3. The zero-order valence-electron chi connectivity index (χ0n) is 8.97. The van der Waals surface area contributed by atoms with Crippen LogP contribution in [0, 0.1) is 0 Å². The second-order valence-corrected chi connectivity index (χ2v) is 3.33. The summed E-state index contributed by atoms with van der Waals surface area (Å²) in [6.07, 6.45) is 2.93. The third-order valence-electron chi connectivity index (χ3n) is 2.11. The Balaban J connectivity index is 2.68. The van der Waals surface area contributed by atoms with Crippen molar-refractivity contribution in [2.75, 3.05) is 0 Å². The van der Waals surface area contributed by atoms with E-state index in [-0.39, 0.29) is 18.6 Å². The largest absolute Gasteiger partial charge is 0.421 e. The van der Waals surface area contributed by atoms with Crippen LogP contribution in [-0.4, -0.2) is 30.0 Å². The number of aldehydes is 1. The van der Waals surface area contributed by atoms with Gasteiger partial charge in [0.2, 0.25) is 5.91 Å². The lowest BCUT2D eigenvalue weighted by atomic mass is 10.2. The number of carbonyl (C=O) groups excluding carboxylic acids is 4. The van der Waals surface area contributed by atoms with Crippen LogP contribution in [0.3, 0.4) is 0 Å². The molecule has 0 aromatic rings. The molecule has 0 aliphatic carbocycles. The van der Waals surface area contributed by atoms with Crippen molar-refractivity contribution in [1.29, 1.82) is 0 Å². The lowest BCUT2D eigenvalue weighted by molar-refractivity contribution is -0.145. The summed E-state index contributed by atoms with van der Waals surface area (Å²) in [7, 11) is 0. The van der Waals surface area contributed by atoms with Gasteiger partial charge in [-0.2, -0.15) is 0 Å². The SMILES string of the molecule is C=CC=C(OC(=O)[C@@H]1CCC(=O)N1)C(=O)C=O. The highest BCUT2D eigenvalue weighted by Gasteiger charge is 2.30. The zero-order valence-corrected chi connectivity index (χ0v) is 8.97. The topological polar surface area (TPSA) is 89.5 Å². The van der Waals surface area contributed by atoms with Gasteiger partial charge in [-0.25, -0.2) is 4.79 Å². The fourth-order valence-corrected chi connectivity index (χ4v) is 1.30. The lowest BCUT2D eigenvalue weighted by Gasteiger charge is -2.09. The van der Waals surface area contributed by atoms with E-state index in [9.17, 15) is 19.2 Å². The first-order chi connectivity index (χ1) is 8.08. The van der Waals surface area contributed by atoms with Crippen LogP contribution < -0.4 is 5.32 Å². The molecule has 1 rings (SSSR count). The normalized spacial score (nSPS) is 19.4. The van der Waals surface area contributed by atoms with Crippen LogP contribution in [0.15, 0.2) is 24.5 Å². The standard InChI is InChI=1S/C11H11NO5/c1-2-3-9(8(14)6-13)17-11(16)7-4-5-10(15)12-7/h2-3,6-7H,1,4-5H2,(H,12,15)/t7-/m0/s1. The van der Waals surface area contributed by atoms with E-state index in [0.29, 0.717) is 6.42 Å². The molecular weight excluding hydrogens is 226 g/mol. The Morgan fingerprint density at radius 2 is 2.18 bits per heavy atom. The molecule has 1 N–H and O–H groups in total. The highest BCUT2D eigenvalue weighted by Crippen LogP contribution is 2.10. The molecule has 0 saturated carbocycles. The predicted octanol–water partition coefficient (Wildman–Crippen LogP) is -0.354. The van der Waals surface area contributed by atoms with Crippen LogP contribution in [0.2, 0.25) is 0 Å². The molecule has 6 heteroatoms. The van der Waals surface area contributed by atoms with Crippen molar-refractivity contribution in [1.82, 2.24) is 5.32 Å². The monoisotopic (exact) mass is 237 g/mol. The first-order valence-corrected chi connectivity index (χ1v) is 4.91. The number of nitrogens with one attached hydrogen (secondary N) is 1. The van der Waals surface area contributed by atoms with Crippen molar-refractivity contribution >= 4 is 23.9 Å². The van der Waals surface area contributed by atoms with Gasteiger partial charge in [0.25, 0.3) is 5.78 Å². The number of rotatable bonds is 5. The molecule has 0 radical (unpaired) electrons. The van der Waals surface area contributed by atoms with Crippen molar-refractivity contribution in [3.63, 3.8) is 0 Å². The first-order valence-electron chi connectivity index (χ1n) is 4.91. The smallest absolute Gasteiger partial charge is 0.334 e. The molecule has 1 amide bonds. The van der Waals surface area contributed by atoms with Crippen molar-refractivity contribution in [2.24, 2.45) is 0 Å². The van der Waals surface area contributed by atoms with Gasteiger partial charge in [-0.1, -0.05) is 12.7 Å². The number of carbonyl (C=O) groups is 4. The third-order valence-corrected chi connectivity index (χ3v) is 2.11. The van der Waals surface area contributed by atoms with E-state index in [2.05, 4.69) is 11.9 Å². The Bertz CT molecular complexity index is 410. The molecule has 90 valence electrons. The molecule has 1 heterocycles. The molecule has 1 aliphatic heterocycles. The minimum Gasteiger partial charge on any atom is -0.421 e. The summed E-state index contributed by atoms with van der Waals surface area (Å²) in [5.41, 5.74) is 0. The van der Waals surface area contributed by atoms with Crippen LogP contribution in [0.4, 0.5) is 0 Å². The maximum Gasteiger partial charge on any atom is 0.334 e. The van der Waals surface area contributed by atoms with Crippen molar-refractivity contribution in [3.05, 3.63) is 24.5 Å². The molecule has 1 fully saturated rings. The summed E-state index contributed by atoms with van der Waals surface area (Å²) in [6, 6.07) is -0.768. The average molecular weight is 237 g/mol. The van der Waals surface area contributed by atoms with Gasteiger partial charge in [0.05, 0.1) is 0 Å². The van der Waals surface area contributed by atoms with E-state index in [1.807, 2.05) is 0 Å². The number of hydrogen-bond donors (Lipinski definition) is 1. The molecule has 0 aromatic carbocycles. The molecular formula is C11H11NO5. The fraction of sp³-hybridized carbons (Fsp3) is 0.273. The number of esters is 1. The van der Waals surface area contributed by atoms with Gasteiger partial charge in [-0.15, -0.1) is 0 Å². The van der Waals surface area contributed by atoms with Crippen molar-refractivity contribution in [2.45, 2.75) is 18.9 Å². The van der Waals surface area contributed by atoms with Crippen molar-refractivity contribution < 1.29 is 23.9 Å². The summed E-state index contributed by atoms with van der Waals surface area (Å²) in [4.78, 5) is 43.8. The average Bonchev–Trinajstić information content (AvgIpc) is 2.74. The number of amides is 1. The second kappa shape index (κ2) is 5.74. The second-order valence-electron chi connectivity index (χ2n) is 3.33. The molecule has 0 aromatic heterocycles. The van der Waals surface area contributed by atoms with Gasteiger partial charge in [0, 0.05) is 6.42 Å². The van der Waals surface area contributed by atoms with Gasteiger partial charge < -0.3 is 10.1 Å². The Labute approximate surface area is 97.3 Å². The summed E-state index contributed by atoms with van der Waals surface area (Å²) in [5, 5.41) is 2.39. The summed E-state index contributed by atoms with van der Waals surface area (Å²) < 4.78 is 4.73.